The highest BCUT2D eigenvalue weighted by Gasteiger charge is 2.06. The highest BCUT2D eigenvalue weighted by molar-refractivity contribution is 14.1. The first-order valence-corrected chi connectivity index (χ1v) is 7.65. The lowest BCUT2D eigenvalue weighted by Gasteiger charge is -2.23. The number of benzene rings is 2. The van der Waals surface area contributed by atoms with Crippen molar-refractivity contribution in [1.29, 1.82) is 0 Å². The predicted molar refractivity (Wildman–Crippen MR) is 91.0 cm³/mol. The normalized spacial score (nSPS) is 10.3. The Morgan fingerprint density at radius 3 is 1.41 bits per heavy atom. The molecule has 0 aliphatic rings. The Balaban J connectivity index is 2.33. The maximum atomic E-state index is 2.33. The molecule has 0 aromatic heterocycles. The van der Waals surface area contributed by atoms with Crippen LogP contribution in [-0.2, 0) is 0 Å². The number of anilines is 2. The largest absolute Gasteiger partial charge is 0.342 e. The maximum Gasteiger partial charge on any atom is 0.0411 e. The van der Waals surface area contributed by atoms with Gasteiger partial charge in [-0.2, -0.15) is 0 Å². The van der Waals surface area contributed by atoms with Gasteiger partial charge in [0, 0.05) is 25.1 Å². The van der Waals surface area contributed by atoms with Gasteiger partial charge in [-0.3, -0.25) is 0 Å². The zero-order valence-corrected chi connectivity index (χ0v) is 13.8. The van der Waals surface area contributed by atoms with Crippen molar-refractivity contribution in [3.05, 3.63) is 55.7 Å². The van der Waals surface area contributed by atoms with Gasteiger partial charge < -0.3 is 4.90 Å². The van der Waals surface area contributed by atoms with E-state index in [1.54, 1.807) is 0 Å². The van der Waals surface area contributed by atoms with Crippen LogP contribution in [0.25, 0.3) is 0 Å². The Bertz CT molecular complexity index is 431. The smallest absolute Gasteiger partial charge is 0.0411 e. The van der Waals surface area contributed by atoms with Crippen molar-refractivity contribution in [3.63, 3.8) is 0 Å². The van der Waals surface area contributed by atoms with E-state index in [0.29, 0.717) is 0 Å². The SMILES string of the molecule is CCN(c1ccc(I)cc1)c1ccc(I)cc1. The molecule has 0 amide bonds. The van der Waals surface area contributed by atoms with Crippen LogP contribution in [0.1, 0.15) is 6.92 Å². The minimum atomic E-state index is 0.973. The van der Waals surface area contributed by atoms with Crippen molar-refractivity contribution in [2.75, 3.05) is 11.4 Å². The van der Waals surface area contributed by atoms with Crippen LogP contribution < -0.4 is 4.90 Å². The van der Waals surface area contributed by atoms with Gasteiger partial charge in [-0.1, -0.05) is 0 Å². The van der Waals surface area contributed by atoms with Crippen molar-refractivity contribution in [3.8, 4) is 0 Å². The van der Waals surface area contributed by atoms with Crippen molar-refractivity contribution >= 4 is 56.6 Å². The number of rotatable bonds is 3. The van der Waals surface area contributed by atoms with Gasteiger partial charge in [-0.15, -0.1) is 0 Å². The quantitative estimate of drug-likeness (QED) is 0.593. The lowest BCUT2D eigenvalue weighted by Crippen LogP contribution is -2.15. The average Bonchev–Trinajstić information content (AvgIpc) is 2.35. The molecule has 0 aliphatic carbocycles. The summed E-state index contributed by atoms with van der Waals surface area (Å²) in [5, 5.41) is 0. The van der Waals surface area contributed by atoms with Crippen LogP contribution in [0, 0.1) is 7.14 Å². The molecule has 0 unspecified atom stereocenters. The van der Waals surface area contributed by atoms with Crippen LogP contribution in [-0.4, -0.2) is 6.54 Å². The molecule has 0 aliphatic heterocycles. The van der Waals surface area contributed by atoms with E-state index < -0.39 is 0 Å². The fourth-order valence-corrected chi connectivity index (χ4v) is 2.48. The lowest BCUT2D eigenvalue weighted by molar-refractivity contribution is 1.02. The van der Waals surface area contributed by atoms with Gasteiger partial charge in [0.25, 0.3) is 0 Å². The minimum Gasteiger partial charge on any atom is -0.342 e. The second-order valence-electron chi connectivity index (χ2n) is 3.70. The Kier molecular flexibility index (Phi) is 4.67. The van der Waals surface area contributed by atoms with Crippen molar-refractivity contribution in [2.45, 2.75) is 6.92 Å². The fourth-order valence-electron chi connectivity index (χ4n) is 1.76. The molecule has 1 nitrogen and oxygen atoms in total. The third-order valence-electron chi connectivity index (χ3n) is 2.59. The molecule has 0 N–H and O–H groups in total. The standard InChI is InChI=1S/C14H13I2N/c1-2-17(13-7-3-11(15)4-8-13)14-9-5-12(16)6-10-14/h3-10H,2H2,1H3. The summed E-state index contributed by atoms with van der Waals surface area (Å²) in [4.78, 5) is 2.31. The molecule has 17 heavy (non-hydrogen) atoms. The van der Waals surface area contributed by atoms with Gasteiger partial charge in [0.2, 0.25) is 0 Å². The molecule has 0 fully saturated rings. The monoisotopic (exact) mass is 449 g/mol. The molecule has 0 atom stereocenters. The Morgan fingerprint density at radius 2 is 1.12 bits per heavy atom. The number of nitrogens with zero attached hydrogens (tertiary/aromatic N) is 1. The second kappa shape index (κ2) is 6.04. The lowest BCUT2D eigenvalue weighted by atomic mass is 10.2. The van der Waals surface area contributed by atoms with Crippen molar-refractivity contribution < 1.29 is 0 Å². The predicted octanol–water partition coefficient (Wildman–Crippen LogP) is 5.05. The van der Waals surface area contributed by atoms with E-state index >= 15 is 0 Å². The first-order chi connectivity index (χ1) is 8.20. The number of hydrogen-bond donors (Lipinski definition) is 0. The second-order valence-corrected chi connectivity index (χ2v) is 6.19. The molecule has 2 rings (SSSR count). The zero-order chi connectivity index (χ0) is 12.3. The summed E-state index contributed by atoms with van der Waals surface area (Å²) in [6, 6.07) is 17.3. The zero-order valence-electron chi connectivity index (χ0n) is 9.53. The Morgan fingerprint density at radius 1 is 0.765 bits per heavy atom. The minimum absolute atomic E-state index is 0.973. The third kappa shape index (κ3) is 3.34. The van der Waals surface area contributed by atoms with Crippen molar-refractivity contribution in [1.82, 2.24) is 0 Å². The van der Waals surface area contributed by atoms with Crippen LogP contribution in [0.2, 0.25) is 0 Å². The van der Waals surface area contributed by atoms with Gasteiger partial charge in [-0.05, 0) is 101 Å². The molecular formula is C14H13I2N. The van der Waals surface area contributed by atoms with Gasteiger partial charge >= 0.3 is 0 Å². The third-order valence-corrected chi connectivity index (χ3v) is 4.03. The van der Waals surface area contributed by atoms with E-state index in [9.17, 15) is 0 Å². The summed E-state index contributed by atoms with van der Waals surface area (Å²) in [5.41, 5.74) is 2.49. The number of hydrogen-bond acceptors (Lipinski definition) is 1. The molecule has 0 saturated heterocycles. The topological polar surface area (TPSA) is 3.24 Å². The number of halogens is 2. The summed E-state index contributed by atoms with van der Waals surface area (Å²) >= 11 is 4.66. The van der Waals surface area contributed by atoms with E-state index in [1.807, 2.05) is 0 Å². The van der Waals surface area contributed by atoms with Crippen molar-refractivity contribution in [2.24, 2.45) is 0 Å². The molecule has 88 valence electrons. The van der Waals surface area contributed by atoms with Crippen LogP contribution in [0.15, 0.2) is 48.5 Å². The summed E-state index contributed by atoms with van der Waals surface area (Å²) in [7, 11) is 0. The van der Waals surface area contributed by atoms with E-state index in [1.165, 1.54) is 18.5 Å². The molecule has 0 bridgehead atoms. The molecule has 0 spiro atoms. The maximum absolute atomic E-state index is 2.33. The van der Waals surface area contributed by atoms with E-state index in [-0.39, 0.29) is 0 Å². The summed E-state index contributed by atoms with van der Waals surface area (Å²) in [5.74, 6) is 0. The summed E-state index contributed by atoms with van der Waals surface area (Å²) < 4.78 is 2.54. The molecule has 3 heteroatoms. The Hall–Kier alpha value is -0.300. The first kappa shape index (κ1) is 13.1. The van der Waals surface area contributed by atoms with E-state index in [4.69, 9.17) is 0 Å². The average molecular weight is 449 g/mol. The van der Waals surface area contributed by atoms with E-state index in [2.05, 4.69) is 106 Å². The fraction of sp³-hybridized carbons (Fsp3) is 0.143. The highest BCUT2D eigenvalue weighted by atomic mass is 127. The van der Waals surface area contributed by atoms with Gasteiger partial charge in [0.05, 0.1) is 0 Å². The van der Waals surface area contributed by atoms with Gasteiger partial charge in [-0.25, -0.2) is 0 Å². The van der Waals surface area contributed by atoms with Gasteiger partial charge in [0.1, 0.15) is 0 Å². The molecule has 2 aromatic rings. The summed E-state index contributed by atoms with van der Waals surface area (Å²) in [6.07, 6.45) is 0. The molecule has 0 radical (unpaired) electrons. The van der Waals surface area contributed by atoms with Crippen LogP contribution >= 0.6 is 45.2 Å². The molecule has 0 heterocycles. The molecule has 2 aromatic carbocycles. The van der Waals surface area contributed by atoms with Crippen LogP contribution in [0.3, 0.4) is 0 Å². The Labute approximate surface area is 130 Å². The van der Waals surface area contributed by atoms with Crippen LogP contribution in [0.5, 0.6) is 0 Å². The molecular weight excluding hydrogens is 436 g/mol. The van der Waals surface area contributed by atoms with Crippen LogP contribution in [0.4, 0.5) is 11.4 Å². The first-order valence-electron chi connectivity index (χ1n) is 5.49. The van der Waals surface area contributed by atoms with E-state index in [0.717, 1.165) is 6.54 Å². The summed E-state index contributed by atoms with van der Waals surface area (Å²) in [6.45, 7) is 3.15. The molecule has 0 saturated carbocycles. The van der Waals surface area contributed by atoms with Gasteiger partial charge in [0.15, 0.2) is 0 Å². The highest BCUT2D eigenvalue weighted by Crippen LogP contribution is 2.26.